The molecular formula is C15H20N4O3S. The molecule has 2 aromatic heterocycles. The van der Waals surface area contributed by atoms with Gasteiger partial charge in [0, 0.05) is 20.0 Å². The lowest BCUT2D eigenvalue weighted by Crippen LogP contribution is -2.43. The molecule has 2 aromatic rings. The Kier molecular flexibility index (Phi) is 4.74. The van der Waals surface area contributed by atoms with Gasteiger partial charge in [-0.05, 0) is 18.0 Å². The molecule has 7 nitrogen and oxygen atoms in total. The van der Waals surface area contributed by atoms with Crippen molar-refractivity contribution >= 4 is 17.2 Å². The molecule has 1 aliphatic heterocycles. The smallest absolute Gasteiger partial charge is 0.264 e. The number of carbonyl (C=O) groups excluding carboxylic acids is 1. The first-order valence-corrected chi connectivity index (χ1v) is 8.50. The summed E-state index contributed by atoms with van der Waals surface area (Å²) in [4.78, 5) is 16.9. The summed E-state index contributed by atoms with van der Waals surface area (Å²) in [5.74, 6) is 1.03. The Labute approximate surface area is 138 Å². The van der Waals surface area contributed by atoms with Crippen LogP contribution in [0.1, 0.15) is 28.4 Å². The third kappa shape index (κ3) is 3.44. The van der Waals surface area contributed by atoms with Crippen molar-refractivity contribution in [3.63, 3.8) is 0 Å². The molecule has 1 unspecified atom stereocenters. The maximum atomic E-state index is 12.4. The molecular weight excluding hydrogens is 316 g/mol. The first-order chi connectivity index (χ1) is 11.1. The third-order valence-corrected chi connectivity index (χ3v) is 4.92. The van der Waals surface area contributed by atoms with Crippen LogP contribution in [0.25, 0.3) is 0 Å². The highest BCUT2D eigenvalue weighted by Crippen LogP contribution is 2.22. The summed E-state index contributed by atoms with van der Waals surface area (Å²) >= 11 is 1.42. The predicted molar refractivity (Wildman–Crippen MR) is 85.1 cm³/mol. The van der Waals surface area contributed by atoms with E-state index in [4.69, 9.17) is 4.42 Å². The minimum atomic E-state index is -0.581. The normalized spacial score (nSPS) is 21.3. The minimum absolute atomic E-state index is 0.0220. The Morgan fingerprint density at radius 3 is 2.96 bits per heavy atom. The summed E-state index contributed by atoms with van der Waals surface area (Å²) in [6.45, 7) is 5.81. The van der Waals surface area contributed by atoms with E-state index >= 15 is 0 Å². The average molecular weight is 336 g/mol. The van der Waals surface area contributed by atoms with Gasteiger partial charge in [0.15, 0.2) is 0 Å². The van der Waals surface area contributed by atoms with Crippen LogP contribution in [-0.2, 0) is 6.54 Å². The van der Waals surface area contributed by atoms with Crippen LogP contribution >= 0.6 is 11.3 Å². The van der Waals surface area contributed by atoms with Gasteiger partial charge in [0.1, 0.15) is 0 Å². The van der Waals surface area contributed by atoms with Crippen molar-refractivity contribution in [3.05, 3.63) is 34.2 Å². The zero-order chi connectivity index (χ0) is 16.4. The monoisotopic (exact) mass is 336 g/mol. The molecule has 0 saturated carbocycles. The number of aryl methyl sites for hydroxylation is 1. The molecule has 1 N–H and O–H groups in total. The van der Waals surface area contributed by atoms with Crippen LogP contribution in [0.15, 0.2) is 21.9 Å². The van der Waals surface area contributed by atoms with Gasteiger partial charge in [-0.1, -0.05) is 13.0 Å². The maximum Gasteiger partial charge on any atom is 0.264 e. The summed E-state index contributed by atoms with van der Waals surface area (Å²) in [7, 11) is 0. The van der Waals surface area contributed by atoms with Gasteiger partial charge in [0.05, 0.1) is 23.6 Å². The largest absolute Gasteiger partial charge is 0.424 e. The summed E-state index contributed by atoms with van der Waals surface area (Å²) < 4.78 is 5.42. The molecule has 0 bridgehead atoms. The molecule has 2 atom stereocenters. The SMILES string of the molecule is CCN(Cc1nnc(C)o1)C1CN(C(=O)c2cccs2)C[C@H]1O. The number of aliphatic hydroxyl groups is 1. The van der Waals surface area contributed by atoms with E-state index in [9.17, 15) is 9.90 Å². The minimum Gasteiger partial charge on any atom is -0.424 e. The zero-order valence-corrected chi connectivity index (χ0v) is 14.0. The molecule has 3 heterocycles. The third-order valence-electron chi connectivity index (χ3n) is 4.06. The van der Waals surface area contributed by atoms with Crippen molar-refractivity contribution in [1.82, 2.24) is 20.0 Å². The average Bonchev–Trinajstić information content (AvgIpc) is 3.25. The van der Waals surface area contributed by atoms with E-state index in [2.05, 4.69) is 15.1 Å². The number of likely N-dealkylation sites (N-methyl/N-ethyl adjacent to an activating group) is 1. The van der Waals surface area contributed by atoms with E-state index in [-0.39, 0.29) is 11.9 Å². The van der Waals surface area contributed by atoms with E-state index < -0.39 is 6.10 Å². The van der Waals surface area contributed by atoms with Crippen LogP contribution in [-0.4, -0.2) is 62.8 Å². The molecule has 1 aliphatic rings. The summed E-state index contributed by atoms with van der Waals surface area (Å²) in [6.07, 6.45) is -0.581. The van der Waals surface area contributed by atoms with Crippen molar-refractivity contribution < 1.29 is 14.3 Å². The molecule has 8 heteroatoms. The molecule has 0 radical (unpaired) electrons. The van der Waals surface area contributed by atoms with Gasteiger partial charge in [0.2, 0.25) is 11.8 Å². The molecule has 23 heavy (non-hydrogen) atoms. The van der Waals surface area contributed by atoms with Crippen molar-refractivity contribution in [1.29, 1.82) is 0 Å². The molecule has 1 fully saturated rings. The van der Waals surface area contributed by atoms with Crippen molar-refractivity contribution in [2.75, 3.05) is 19.6 Å². The second kappa shape index (κ2) is 6.77. The predicted octanol–water partition coefficient (Wildman–Crippen LogP) is 1.15. The number of thiophene rings is 1. The zero-order valence-electron chi connectivity index (χ0n) is 13.2. The quantitative estimate of drug-likeness (QED) is 0.882. The number of amides is 1. The lowest BCUT2D eigenvalue weighted by molar-refractivity contribution is 0.0745. The van der Waals surface area contributed by atoms with Crippen LogP contribution in [0.5, 0.6) is 0 Å². The van der Waals surface area contributed by atoms with Crippen LogP contribution in [0.3, 0.4) is 0 Å². The molecule has 0 spiro atoms. The Hall–Kier alpha value is -1.77. The highest BCUT2D eigenvalue weighted by molar-refractivity contribution is 7.12. The Balaban J connectivity index is 1.68. The second-order valence-corrected chi connectivity index (χ2v) is 6.55. The molecule has 0 aliphatic carbocycles. The van der Waals surface area contributed by atoms with Gasteiger partial charge < -0.3 is 14.4 Å². The molecule has 3 rings (SSSR count). The number of nitrogens with zero attached hydrogens (tertiary/aromatic N) is 4. The van der Waals surface area contributed by atoms with Gasteiger partial charge in [-0.2, -0.15) is 0 Å². The number of carbonyl (C=O) groups is 1. The lowest BCUT2D eigenvalue weighted by Gasteiger charge is -2.27. The van der Waals surface area contributed by atoms with Gasteiger partial charge in [0.25, 0.3) is 5.91 Å². The molecule has 1 saturated heterocycles. The summed E-state index contributed by atoms with van der Waals surface area (Å²) in [6, 6.07) is 3.54. The first-order valence-electron chi connectivity index (χ1n) is 7.62. The van der Waals surface area contributed by atoms with E-state index in [1.165, 1.54) is 11.3 Å². The van der Waals surface area contributed by atoms with Crippen molar-refractivity contribution in [2.45, 2.75) is 32.5 Å². The van der Waals surface area contributed by atoms with E-state index in [1.807, 2.05) is 24.4 Å². The van der Waals surface area contributed by atoms with Gasteiger partial charge in [-0.3, -0.25) is 9.69 Å². The molecule has 124 valence electrons. The van der Waals surface area contributed by atoms with Crippen LogP contribution < -0.4 is 0 Å². The van der Waals surface area contributed by atoms with E-state index in [1.54, 1.807) is 11.8 Å². The number of β-amino-alcohol motifs (C(OH)–C–C–N with tert-alkyl or cyclic N) is 1. The summed E-state index contributed by atoms with van der Waals surface area (Å²) in [5, 5.41) is 20.1. The van der Waals surface area contributed by atoms with Gasteiger partial charge in [-0.15, -0.1) is 21.5 Å². The number of aliphatic hydroxyl groups excluding tert-OH is 1. The van der Waals surface area contributed by atoms with Crippen molar-refractivity contribution in [3.8, 4) is 0 Å². The number of likely N-dealkylation sites (tertiary alicyclic amines) is 1. The topological polar surface area (TPSA) is 82.7 Å². The highest BCUT2D eigenvalue weighted by Gasteiger charge is 2.38. The highest BCUT2D eigenvalue weighted by atomic mass is 32.1. The number of rotatable bonds is 5. The fourth-order valence-corrected chi connectivity index (χ4v) is 3.58. The van der Waals surface area contributed by atoms with E-state index in [0.717, 1.165) is 6.54 Å². The standard InChI is InChI=1S/C15H20N4O3S/c1-3-18(9-14-17-16-10(2)22-14)11-7-19(8-12(11)20)15(21)13-5-4-6-23-13/h4-6,11-12,20H,3,7-9H2,1-2H3/t11?,12-/m1/s1. The van der Waals surface area contributed by atoms with Crippen LogP contribution in [0, 0.1) is 6.92 Å². The number of aromatic nitrogens is 2. The van der Waals surface area contributed by atoms with Crippen LogP contribution in [0.4, 0.5) is 0 Å². The lowest BCUT2D eigenvalue weighted by atomic mass is 10.2. The fraction of sp³-hybridized carbons (Fsp3) is 0.533. The molecule has 1 amide bonds. The number of hydrogen-bond donors (Lipinski definition) is 1. The van der Waals surface area contributed by atoms with Gasteiger partial charge in [-0.25, -0.2) is 0 Å². The van der Waals surface area contributed by atoms with Gasteiger partial charge >= 0.3 is 0 Å². The van der Waals surface area contributed by atoms with Crippen LogP contribution in [0.2, 0.25) is 0 Å². The summed E-state index contributed by atoms with van der Waals surface area (Å²) in [5.41, 5.74) is 0. The fourth-order valence-electron chi connectivity index (χ4n) is 2.89. The van der Waals surface area contributed by atoms with E-state index in [0.29, 0.717) is 36.3 Å². The maximum absolute atomic E-state index is 12.4. The Morgan fingerprint density at radius 1 is 1.52 bits per heavy atom. The Morgan fingerprint density at radius 2 is 2.35 bits per heavy atom. The van der Waals surface area contributed by atoms with Crippen molar-refractivity contribution in [2.24, 2.45) is 0 Å². The Bertz CT molecular complexity index is 657. The second-order valence-electron chi connectivity index (χ2n) is 5.60. The first kappa shape index (κ1) is 16.1. The number of hydrogen-bond acceptors (Lipinski definition) is 7. The molecule has 0 aromatic carbocycles.